The molecule has 152 valence electrons. The van der Waals surface area contributed by atoms with Crippen LogP contribution in [0.5, 0.6) is 11.5 Å². The van der Waals surface area contributed by atoms with Crippen molar-refractivity contribution in [1.82, 2.24) is 0 Å². The quantitative estimate of drug-likeness (QED) is 0.743. The van der Waals surface area contributed by atoms with Gasteiger partial charge < -0.3 is 14.8 Å². The number of carbonyl (C=O) groups excluding carboxylic acids is 1. The van der Waals surface area contributed by atoms with Crippen LogP contribution in [0.3, 0.4) is 0 Å². The van der Waals surface area contributed by atoms with Gasteiger partial charge in [0, 0.05) is 22.6 Å². The third-order valence-corrected chi connectivity index (χ3v) is 5.65. The lowest BCUT2D eigenvalue weighted by atomic mass is 10.1. The first kappa shape index (κ1) is 21.7. The molecule has 0 aliphatic carbocycles. The lowest BCUT2D eigenvalue weighted by Crippen LogP contribution is -2.30. The Morgan fingerprint density at radius 1 is 1.14 bits per heavy atom. The van der Waals surface area contributed by atoms with Crippen molar-refractivity contribution in [2.45, 2.75) is 24.1 Å². The van der Waals surface area contributed by atoms with Crippen LogP contribution in [0.2, 0.25) is 0 Å². The highest BCUT2D eigenvalue weighted by Gasteiger charge is 2.34. The number of nitrogens with one attached hydrogen (secondary N) is 1. The van der Waals surface area contributed by atoms with Gasteiger partial charge in [-0.25, -0.2) is 0 Å². The maximum absolute atomic E-state index is 13.1. The van der Waals surface area contributed by atoms with Crippen LogP contribution in [0, 0.1) is 0 Å². The van der Waals surface area contributed by atoms with Crippen LogP contribution in [0.4, 0.5) is 18.9 Å². The maximum Gasteiger partial charge on any atom is 0.416 e. The molecule has 0 unspecified atom stereocenters. The number of carbonyl (C=O) groups is 1. The van der Waals surface area contributed by atoms with Crippen molar-refractivity contribution in [2.24, 2.45) is 0 Å². The van der Waals surface area contributed by atoms with E-state index >= 15 is 0 Å². The monoisotopic (exact) mass is 415 g/mol. The van der Waals surface area contributed by atoms with Gasteiger partial charge in [-0.2, -0.15) is 13.2 Å². The minimum atomic E-state index is -4.56. The second kappa shape index (κ2) is 9.09. The molecule has 5 nitrogen and oxygen atoms in total. The molecule has 0 saturated carbocycles. The van der Waals surface area contributed by atoms with Crippen LogP contribution in [0.1, 0.15) is 18.1 Å². The maximum atomic E-state index is 13.1. The highest BCUT2D eigenvalue weighted by molar-refractivity contribution is 7.85. The summed E-state index contributed by atoms with van der Waals surface area (Å²) in [5.74, 6) is -0.146. The molecule has 28 heavy (non-hydrogen) atoms. The largest absolute Gasteiger partial charge is 0.497 e. The molecule has 0 radical (unpaired) electrons. The van der Waals surface area contributed by atoms with E-state index in [0.717, 1.165) is 6.07 Å². The lowest BCUT2D eigenvalue weighted by Gasteiger charge is -2.16. The van der Waals surface area contributed by atoms with E-state index in [0.29, 0.717) is 17.2 Å². The molecule has 2 aromatic carbocycles. The molecule has 0 aliphatic heterocycles. The van der Waals surface area contributed by atoms with Crippen LogP contribution in [0.15, 0.2) is 42.5 Å². The van der Waals surface area contributed by atoms with Crippen molar-refractivity contribution in [1.29, 1.82) is 0 Å². The molecule has 1 amide bonds. The zero-order valence-electron chi connectivity index (χ0n) is 15.5. The van der Waals surface area contributed by atoms with Gasteiger partial charge in [0.15, 0.2) is 0 Å². The van der Waals surface area contributed by atoms with Gasteiger partial charge in [-0.1, -0.05) is 18.2 Å². The summed E-state index contributed by atoms with van der Waals surface area (Å²) in [5, 5.41) is 1.54. The van der Waals surface area contributed by atoms with Crippen LogP contribution in [-0.2, 0) is 27.5 Å². The number of halogens is 3. The van der Waals surface area contributed by atoms with Crippen molar-refractivity contribution >= 4 is 22.4 Å². The smallest absolute Gasteiger partial charge is 0.416 e. The molecule has 1 N–H and O–H groups in total. The first-order valence-corrected chi connectivity index (χ1v) is 9.60. The van der Waals surface area contributed by atoms with Crippen molar-refractivity contribution < 1.29 is 31.6 Å². The molecule has 0 saturated heterocycles. The van der Waals surface area contributed by atoms with Crippen LogP contribution in [0.25, 0.3) is 0 Å². The summed E-state index contributed by atoms with van der Waals surface area (Å²) in [6, 6.07) is 9.66. The number of amides is 1. The zero-order chi connectivity index (χ0) is 20.9. The highest BCUT2D eigenvalue weighted by Crippen LogP contribution is 2.33. The Morgan fingerprint density at radius 3 is 2.43 bits per heavy atom. The van der Waals surface area contributed by atoms with Gasteiger partial charge in [-0.15, -0.1) is 0 Å². The van der Waals surface area contributed by atoms with Crippen molar-refractivity contribution in [3.05, 3.63) is 53.6 Å². The summed E-state index contributed by atoms with van der Waals surface area (Å²) < 4.78 is 62.1. The normalized spacial score (nSPS) is 13.5. The predicted octanol–water partition coefficient (Wildman–Crippen LogP) is 4.00. The molecule has 0 bridgehead atoms. The zero-order valence-corrected chi connectivity index (χ0v) is 16.3. The topological polar surface area (TPSA) is 64.6 Å². The van der Waals surface area contributed by atoms with E-state index in [1.807, 2.05) is 0 Å². The third-order valence-electron chi connectivity index (χ3n) is 4.05. The average molecular weight is 415 g/mol. The number of methoxy groups -OCH3 is 2. The number of hydrogen-bond donors (Lipinski definition) is 1. The fourth-order valence-corrected chi connectivity index (χ4v) is 3.57. The molecular weight excluding hydrogens is 395 g/mol. The third kappa shape index (κ3) is 5.25. The summed E-state index contributed by atoms with van der Waals surface area (Å²) in [6.07, 6.45) is -4.56. The lowest BCUT2D eigenvalue weighted by molar-refractivity contribution is -0.138. The molecule has 0 fully saturated rings. The molecule has 0 heterocycles. The Balaban J connectivity index is 2.15. The Kier molecular flexibility index (Phi) is 7.06. The Labute approximate surface area is 163 Å². The number of benzene rings is 2. The second-order valence-electron chi connectivity index (χ2n) is 5.88. The summed E-state index contributed by atoms with van der Waals surface area (Å²) in [7, 11) is 1.02. The fraction of sp³-hybridized carbons (Fsp3) is 0.316. The summed E-state index contributed by atoms with van der Waals surface area (Å²) in [4.78, 5) is 12.5. The van der Waals surface area contributed by atoms with Gasteiger partial charge >= 0.3 is 6.18 Å². The number of ether oxygens (including phenoxy) is 2. The van der Waals surface area contributed by atoms with E-state index in [1.165, 1.54) is 45.4 Å². The van der Waals surface area contributed by atoms with Gasteiger partial charge in [-0.3, -0.25) is 9.00 Å². The number of rotatable bonds is 7. The standard InChI is InChI=1S/C19H20F3NO4S/c1-12(18(24)23-16-10-14(26-2)8-9-17(16)27-3)28(25)11-13-6-4-5-7-15(13)19(20,21)22/h4-10,12H,11H2,1-3H3,(H,23,24)/t12-,28-/m1/s1. The van der Waals surface area contributed by atoms with E-state index in [9.17, 15) is 22.2 Å². The van der Waals surface area contributed by atoms with Crippen LogP contribution >= 0.6 is 0 Å². The predicted molar refractivity (Wildman–Crippen MR) is 101 cm³/mol. The van der Waals surface area contributed by atoms with E-state index < -0.39 is 33.7 Å². The van der Waals surface area contributed by atoms with Crippen LogP contribution in [-0.4, -0.2) is 29.6 Å². The Morgan fingerprint density at radius 2 is 1.82 bits per heavy atom. The number of hydrogen-bond acceptors (Lipinski definition) is 4. The molecule has 9 heteroatoms. The molecule has 0 aromatic heterocycles. The molecule has 0 spiro atoms. The van der Waals surface area contributed by atoms with Gasteiger partial charge in [0.2, 0.25) is 5.91 Å². The van der Waals surface area contributed by atoms with Gasteiger partial charge in [-0.05, 0) is 30.7 Å². The van der Waals surface area contributed by atoms with E-state index in [-0.39, 0.29) is 11.3 Å². The van der Waals surface area contributed by atoms with Gasteiger partial charge in [0.1, 0.15) is 16.7 Å². The average Bonchev–Trinajstić information content (AvgIpc) is 2.66. The minimum absolute atomic E-state index is 0.119. The Hall–Kier alpha value is -2.55. The van der Waals surface area contributed by atoms with Gasteiger partial charge in [0.25, 0.3) is 0 Å². The number of anilines is 1. The molecular formula is C19H20F3NO4S. The molecule has 2 aromatic rings. The summed E-state index contributed by atoms with van der Waals surface area (Å²) >= 11 is 0. The van der Waals surface area contributed by atoms with Gasteiger partial charge in [0.05, 0.1) is 25.5 Å². The fourth-order valence-electron chi connectivity index (χ4n) is 2.47. The first-order chi connectivity index (χ1) is 13.2. The van der Waals surface area contributed by atoms with E-state index in [4.69, 9.17) is 9.47 Å². The van der Waals surface area contributed by atoms with Crippen molar-refractivity contribution in [3.8, 4) is 11.5 Å². The number of alkyl halides is 3. The van der Waals surface area contributed by atoms with Crippen molar-refractivity contribution in [3.63, 3.8) is 0 Å². The highest BCUT2D eigenvalue weighted by atomic mass is 32.2. The van der Waals surface area contributed by atoms with E-state index in [2.05, 4.69) is 5.32 Å². The van der Waals surface area contributed by atoms with Crippen LogP contribution < -0.4 is 14.8 Å². The molecule has 2 atom stereocenters. The molecule has 0 aliphatic rings. The Bertz CT molecular complexity index is 870. The van der Waals surface area contributed by atoms with E-state index in [1.54, 1.807) is 12.1 Å². The summed E-state index contributed by atoms with van der Waals surface area (Å²) in [6.45, 7) is 1.40. The SMILES string of the molecule is COc1ccc(OC)c(NC(=O)[C@@H](C)[S@](=O)Cc2ccccc2C(F)(F)F)c1. The van der Waals surface area contributed by atoms with Crippen molar-refractivity contribution in [2.75, 3.05) is 19.5 Å². The second-order valence-corrected chi connectivity index (χ2v) is 7.63. The molecule has 2 rings (SSSR count). The first-order valence-electron chi connectivity index (χ1n) is 8.22. The minimum Gasteiger partial charge on any atom is -0.497 e. The summed E-state index contributed by atoms with van der Waals surface area (Å²) in [5.41, 5.74) is -0.663.